The van der Waals surface area contributed by atoms with Crippen molar-refractivity contribution in [3.63, 3.8) is 0 Å². The van der Waals surface area contributed by atoms with Crippen molar-refractivity contribution in [3.05, 3.63) is 88.9 Å². The average molecular weight is 489 g/mol. The first-order chi connectivity index (χ1) is 16.7. The van der Waals surface area contributed by atoms with Gasteiger partial charge in [-0.3, -0.25) is 4.79 Å². The van der Waals surface area contributed by atoms with Crippen LogP contribution >= 0.6 is 11.6 Å². The average Bonchev–Trinajstić information content (AvgIpc) is 2.84. The topological polar surface area (TPSA) is 115 Å². The summed E-state index contributed by atoms with van der Waals surface area (Å²) in [5, 5.41) is 33.1. The molecule has 0 radical (unpaired) electrons. The van der Waals surface area contributed by atoms with Gasteiger partial charge in [-0.15, -0.1) is 5.11 Å². The van der Waals surface area contributed by atoms with Gasteiger partial charge in [-0.05, 0) is 48.5 Å². The van der Waals surface area contributed by atoms with Crippen molar-refractivity contribution >= 4 is 57.0 Å². The number of benzene rings is 4. The third-order valence-electron chi connectivity index (χ3n) is 5.31. The lowest BCUT2D eigenvalue weighted by Gasteiger charge is -2.19. The van der Waals surface area contributed by atoms with Crippen LogP contribution in [0.25, 0.3) is 10.8 Å². The van der Waals surface area contributed by atoms with Crippen molar-refractivity contribution in [1.29, 1.82) is 0 Å². The van der Waals surface area contributed by atoms with Gasteiger partial charge >= 0.3 is 5.97 Å². The van der Waals surface area contributed by atoms with Gasteiger partial charge in [-0.2, -0.15) is 5.11 Å². The summed E-state index contributed by atoms with van der Waals surface area (Å²) in [6.45, 7) is 0. The maximum Gasteiger partial charge on any atom is 0.335 e. The van der Waals surface area contributed by atoms with E-state index in [1.54, 1.807) is 73.6 Å². The van der Waals surface area contributed by atoms with Crippen LogP contribution in [0, 0.1) is 0 Å². The van der Waals surface area contributed by atoms with Gasteiger partial charge in [0.2, 0.25) is 0 Å². The molecule has 176 valence electrons. The lowest BCUT2D eigenvalue weighted by molar-refractivity contribution is 0.0696. The van der Waals surface area contributed by atoms with E-state index in [0.717, 1.165) is 0 Å². The van der Waals surface area contributed by atoms with Crippen LogP contribution in [0.15, 0.2) is 83.0 Å². The zero-order chi connectivity index (χ0) is 25.1. The number of phenolic OH excluding ortho intramolecular Hbond substituents is 1. The summed E-state index contributed by atoms with van der Waals surface area (Å²) < 4.78 is 0. The van der Waals surface area contributed by atoms with Crippen LogP contribution in [0.4, 0.5) is 22.7 Å². The molecular formula is C26H21ClN4O4. The number of fused-ring (bicyclic) bond motifs is 1. The lowest BCUT2D eigenvalue weighted by Crippen LogP contribution is -2.17. The standard InChI is InChI=1S/C26H21ClN4O4/c1-31(2)23-12-7-15(26(34)35)13-22(23)28-25(33)20-14-21(18-5-3-4-6-19(18)24(20)32)30-29-17-10-8-16(27)9-11-17/h3-14,32H,1-2H3,(H,28,33)(H,34,35). The number of nitrogens with zero attached hydrogens (tertiary/aromatic N) is 3. The molecule has 0 bridgehead atoms. The summed E-state index contributed by atoms with van der Waals surface area (Å²) in [6.07, 6.45) is 0. The van der Waals surface area contributed by atoms with Gasteiger partial charge in [0.15, 0.2) is 0 Å². The number of amides is 1. The number of rotatable bonds is 6. The Morgan fingerprint density at radius 3 is 2.26 bits per heavy atom. The predicted molar refractivity (Wildman–Crippen MR) is 137 cm³/mol. The van der Waals surface area contributed by atoms with Crippen LogP contribution in [0.2, 0.25) is 5.02 Å². The molecular weight excluding hydrogens is 468 g/mol. The maximum absolute atomic E-state index is 13.3. The van der Waals surface area contributed by atoms with Crippen molar-refractivity contribution < 1.29 is 19.8 Å². The third-order valence-corrected chi connectivity index (χ3v) is 5.56. The van der Waals surface area contributed by atoms with Crippen LogP contribution in [0.1, 0.15) is 20.7 Å². The summed E-state index contributed by atoms with van der Waals surface area (Å²) in [5.74, 6) is -1.96. The minimum Gasteiger partial charge on any atom is -0.506 e. The van der Waals surface area contributed by atoms with Crippen molar-refractivity contribution in [2.75, 3.05) is 24.3 Å². The van der Waals surface area contributed by atoms with Crippen molar-refractivity contribution in [1.82, 2.24) is 0 Å². The smallest absolute Gasteiger partial charge is 0.335 e. The fourth-order valence-electron chi connectivity index (χ4n) is 3.56. The first kappa shape index (κ1) is 23.7. The molecule has 0 aliphatic heterocycles. The summed E-state index contributed by atoms with van der Waals surface area (Å²) >= 11 is 5.92. The molecule has 35 heavy (non-hydrogen) atoms. The summed E-state index contributed by atoms with van der Waals surface area (Å²) in [4.78, 5) is 26.5. The number of aromatic hydroxyl groups is 1. The number of azo groups is 1. The number of nitrogens with one attached hydrogen (secondary N) is 1. The molecule has 0 aliphatic rings. The Kier molecular flexibility index (Phi) is 6.66. The van der Waals surface area contributed by atoms with E-state index in [9.17, 15) is 19.8 Å². The number of carbonyl (C=O) groups is 2. The third kappa shape index (κ3) is 5.07. The number of anilines is 2. The van der Waals surface area contributed by atoms with E-state index in [2.05, 4.69) is 15.5 Å². The molecule has 8 nitrogen and oxygen atoms in total. The fraction of sp³-hybridized carbons (Fsp3) is 0.0769. The second-order valence-corrected chi connectivity index (χ2v) is 8.34. The minimum atomic E-state index is -1.12. The van der Waals surface area contributed by atoms with Gasteiger partial charge in [0.1, 0.15) is 5.75 Å². The van der Waals surface area contributed by atoms with Gasteiger partial charge < -0.3 is 20.4 Å². The van der Waals surface area contributed by atoms with E-state index in [1.165, 1.54) is 18.2 Å². The highest BCUT2D eigenvalue weighted by Crippen LogP contribution is 2.38. The molecule has 0 unspecified atom stereocenters. The molecule has 0 spiro atoms. The Hall–Kier alpha value is -4.43. The Morgan fingerprint density at radius 2 is 1.60 bits per heavy atom. The molecule has 4 aromatic rings. The van der Waals surface area contributed by atoms with Gasteiger partial charge in [-0.1, -0.05) is 35.9 Å². The Labute approximate surface area is 206 Å². The number of hydrogen-bond donors (Lipinski definition) is 3. The second-order valence-electron chi connectivity index (χ2n) is 7.90. The fourth-order valence-corrected chi connectivity index (χ4v) is 3.69. The Morgan fingerprint density at radius 1 is 0.914 bits per heavy atom. The monoisotopic (exact) mass is 488 g/mol. The number of hydrogen-bond acceptors (Lipinski definition) is 6. The zero-order valence-electron chi connectivity index (χ0n) is 18.9. The molecule has 0 fully saturated rings. The molecule has 9 heteroatoms. The van der Waals surface area contributed by atoms with Gasteiger partial charge in [0, 0.05) is 29.9 Å². The molecule has 0 aliphatic carbocycles. The normalized spacial score (nSPS) is 11.1. The zero-order valence-corrected chi connectivity index (χ0v) is 19.6. The lowest BCUT2D eigenvalue weighted by atomic mass is 10.0. The van der Waals surface area contributed by atoms with E-state index < -0.39 is 11.9 Å². The number of carbonyl (C=O) groups excluding carboxylic acids is 1. The molecule has 4 rings (SSSR count). The number of carboxylic acid groups (broad SMARTS) is 1. The second kappa shape index (κ2) is 9.82. The van der Waals surface area contributed by atoms with E-state index >= 15 is 0 Å². The molecule has 0 saturated heterocycles. The Bertz CT molecular complexity index is 1470. The van der Waals surface area contributed by atoms with E-state index in [-0.39, 0.29) is 22.6 Å². The molecule has 0 heterocycles. The molecule has 4 aromatic carbocycles. The number of halogens is 1. The van der Waals surface area contributed by atoms with Crippen LogP contribution < -0.4 is 10.2 Å². The number of phenols is 1. The first-order valence-electron chi connectivity index (χ1n) is 10.5. The van der Waals surface area contributed by atoms with Crippen LogP contribution in [-0.2, 0) is 0 Å². The molecule has 1 amide bonds. The highest BCUT2D eigenvalue weighted by molar-refractivity contribution is 6.30. The van der Waals surface area contributed by atoms with E-state index in [1.807, 2.05) is 0 Å². The highest BCUT2D eigenvalue weighted by Gasteiger charge is 2.19. The van der Waals surface area contributed by atoms with Crippen molar-refractivity contribution in [2.45, 2.75) is 0 Å². The predicted octanol–water partition coefficient (Wildman–Crippen LogP) is 6.63. The van der Waals surface area contributed by atoms with Gasteiger partial charge in [0.25, 0.3) is 5.91 Å². The van der Waals surface area contributed by atoms with E-state index in [0.29, 0.717) is 32.9 Å². The van der Waals surface area contributed by atoms with Crippen molar-refractivity contribution in [2.24, 2.45) is 10.2 Å². The van der Waals surface area contributed by atoms with Crippen LogP contribution in [0.3, 0.4) is 0 Å². The van der Waals surface area contributed by atoms with Crippen molar-refractivity contribution in [3.8, 4) is 5.75 Å². The van der Waals surface area contributed by atoms with Gasteiger partial charge in [-0.25, -0.2) is 4.79 Å². The largest absolute Gasteiger partial charge is 0.506 e. The summed E-state index contributed by atoms with van der Waals surface area (Å²) in [5.41, 5.74) is 1.83. The SMILES string of the molecule is CN(C)c1ccc(C(=O)O)cc1NC(=O)c1cc(N=Nc2ccc(Cl)cc2)c2ccccc2c1O. The molecule has 0 aromatic heterocycles. The molecule has 3 N–H and O–H groups in total. The first-order valence-corrected chi connectivity index (χ1v) is 10.9. The quantitative estimate of drug-likeness (QED) is 0.263. The maximum atomic E-state index is 13.3. The Balaban J connectivity index is 1.77. The van der Waals surface area contributed by atoms with Crippen LogP contribution in [0.5, 0.6) is 5.75 Å². The molecule has 0 atom stereocenters. The summed E-state index contributed by atoms with van der Waals surface area (Å²) in [6, 6.07) is 19.7. The van der Waals surface area contributed by atoms with Gasteiger partial charge in [0.05, 0.1) is 33.9 Å². The number of carboxylic acids is 1. The highest BCUT2D eigenvalue weighted by atomic mass is 35.5. The summed E-state index contributed by atoms with van der Waals surface area (Å²) in [7, 11) is 3.54. The minimum absolute atomic E-state index is 0.0195. The van der Waals surface area contributed by atoms with E-state index in [4.69, 9.17) is 11.6 Å². The molecule has 0 saturated carbocycles. The number of aromatic carboxylic acids is 1. The van der Waals surface area contributed by atoms with Crippen LogP contribution in [-0.4, -0.2) is 36.2 Å².